The van der Waals surface area contributed by atoms with Crippen molar-refractivity contribution in [2.24, 2.45) is 0 Å². The summed E-state index contributed by atoms with van der Waals surface area (Å²) < 4.78 is 10.1. The zero-order valence-corrected chi connectivity index (χ0v) is 8.74. The molecule has 14 heavy (non-hydrogen) atoms. The number of methoxy groups -OCH3 is 2. The van der Waals surface area contributed by atoms with E-state index in [2.05, 4.69) is 9.97 Å². The molecule has 0 aliphatic carbocycles. The molecule has 0 amide bonds. The first-order chi connectivity index (χ1) is 6.60. The van der Waals surface area contributed by atoms with Crippen LogP contribution in [0.1, 0.15) is 5.56 Å². The Hall–Kier alpha value is -1.46. The van der Waals surface area contributed by atoms with Crippen LogP contribution in [0.5, 0.6) is 11.8 Å². The normalized spacial score (nSPS) is 9.71. The van der Waals surface area contributed by atoms with Crippen molar-refractivity contribution in [1.82, 2.24) is 9.97 Å². The molecule has 6 heteroatoms. The van der Waals surface area contributed by atoms with Crippen LogP contribution in [0.15, 0.2) is 0 Å². The zero-order chi connectivity index (χ0) is 10.7. The van der Waals surface area contributed by atoms with Gasteiger partial charge in [0.15, 0.2) is 0 Å². The van der Waals surface area contributed by atoms with Gasteiger partial charge in [0, 0.05) is 0 Å². The molecule has 0 bridgehead atoms. The molecule has 0 saturated heterocycles. The van der Waals surface area contributed by atoms with E-state index in [9.17, 15) is 0 Å². The van der Waals surface area contributed by atoms with Crippen LogP contribution in [0, 0.1) is 6.92 Å². The predicted molar refractivity (Wildman–Crippen MR) is 54.0 cm³/mol. The minimum atomic E-state index is 0.351. The van der Waals surface area contributed by atoms with E-state index in [4.69, 9.17) is 17.5 Å². The second-order valence-corrected chi connectivity index (χ2v) is 2.78. The van der Waals surface area contributed by atoms with Crippen molar-refractivity contribution < 1.29 is 9.47 Å². The summed E-state index contributed by atoms with van der Waals surface area (Å²) in [5, 5.41) is 0. The Morgan fingerprint density at radius 2 is 1.57 bits per heavy atom. The number of hydrogen-bond acceptors (Lipinski definition) is 5. The number of anilines is 1. The number of rotatable bonds is 3. The van der Waals surface area contributed by atoms with Gasteiger partial charge in [-0.25, -0.2) is 0 Å². The van der Waals surface area contributed by atoms with E-state index in [1.54, 1.807) is 7.05 Å². The molecular formula is C8H12BN3O2. The van der Waals surface area contributed by atoms with Gasteiger partial charge in [0.1, 0.15) is 0 Å². The molecule has 0 N–H and O–H groups in total. The van der Waals surface area contributed by atoms with Crippen molar-refractivity contribution in [3.8, 4) is 11.8 Å². The van der Waals surface area contributed by atoms with Crippen molar-refractivity contribution in [2.75, 3.05) is 26.1 Å². The molecule has 1 aromatic heterocycles. The van der Waals surface area contributed by atoms with Crippen LogP contribution in [0.3, 0.4) is 0 Å². The zero-order valence-electron chi connectivity index (χ0n) is 8.74. The largest absolute Gasteiger partial charge is 0.481 e. The summed E-state index contributed by atoms with van der Waals surface area (Å²) in [6.45, 7) is 1.82. The maximum atomic E-state index is 5.51. The van der Waals surface area contributed by atoms with Crippen LogP contribution in [-0.2, 0) is 0 Å². The molecule has 1 aromatic rings. The third kappa shape index (κ3) is 1.89. The molecule has 74 valence electrons. The van der Waals surface area contributed by atoms with Gasteiger partial charge < -0.3 is 14.3 Å². The number of ether oxygens (including phenoxy) is 2. The summed E-state index contributed by atoms with van der Waals surface area (Å²) in [5.41, 5.74) is 0.751. The van der Waals surface area contributed by atoms with E-state index >= 15 is 0 Å². The van der Waals surface area contributed by atoms with Gasteiger partial charge in [0.05, 0.1) is 19.8 Å². The molecule has 0 spiro atoms. The van der Waals surface area contributed by atoms with Gasteiger partial charge in [0.2, 0.25) is 25.7 Å². The van der Waals surface area contributed by atoms with E-state index in [0.29, 0.717) is 17.7 Å². The van der Waals surface area contributed by atoms with Crippen LogP contribution in [0.4, 0.5) is 5.95 Å². The van der Waals surface area contributed by atoms with Crippen molar-refractivity contribution >= 4 is 13.9 Å². The second kappa shape index (κ2) is 4.17. The minimum absolute atomic E-state index is 0.351. The maximum absolute atomic E-state index is 5.51. The molecule has 5 nitrogen and oxygen atoms in total. The lowest BCUT2D eigenvalue weighted by Gasteiger charge is -2.14. The first kappa shape index (κ1) is 10.6. The highest BCUT2D eigenvalue weighted by atomic mass is 16.5. The number of aromatic nitrogens is 2. The minimum Gasteiger partial charge on any atom is -0.481 e. The van der Waals surface area contributed by atoms with Gasteiger partial charge >= 0.3 is 0 Å². The number of hydrogen-bond donors (Lipinski definition) is 0. The second-order valence-electron chi connectivity index (χ2n) is 2.78. The SMILES string of the molecule is [B]N(C)c1nc(OC)c(C)c(OC)n1. The molecule has 0 saturated carbocycles. The lowest BCUT2D eigenvalue weighted by Crippen LogP contribution is -2.16. The van der Waals surface area contributed by atoms with Crippen LogP contribution in [0.25, 0.3) is 0 Å². The van der Waals surface area contributed by atoms with E-state index < -0.39 is 0 Å². The lowest BCUT2D eigenvalue weighted by molar-refractivity contribution is 0.366. The average molecular weight is 193 g/mol. The summed E-state index contributed by atoms with van der Waals surface area (Å²) in [7, 11) is 10.2. The fourth-order valence-electron chi connectivity index (χ4n) is 1.02. The first-order valence-electron chi connectivity index (χ1n) is 4.05. The Bertz CT molecular complexity index is 305. The summed E-state index contributed by atoms with van der Waals surface area (Å²) in [4.78, 5) is 9.47. The molecule has 1 rings (SSSR count). The Labute approximate surface area is 84.5 Å². The van der Waals surface area contributed by atoms with Gasteiger partial charge in [-0.05, 0) is 14.0 Å². The highest BCUT2D eigenvalue weighted by Crippen LogP contribution is 2.25. The van der Waals surface area contributed by atoms with E-state index in [-0.39, 0.29) is 0 Å². The summed E-state index contributed by atoms with van der Waals surface area (Å²) >= 11 is 0. The standard InChI is InChI=1S/C8H12BN3O2/c1-5-6(13-3)10-8(12(2)9)11-7(5)14-4/h1-4H3. The molecule has 0 atom stereocenters. The third-order valence-electron chi connectivity index (χ3n) is 1.75. The van der Waals surface area contributed by atoms with Crippen molar-refractivity contribution in [3.05, 3.63) is 5.56 Å². The fourth-order valence-corrected chi connectivity index (χ4v) is 1.02. The Balaban J connectivity index is 3.25. The van der Waals surface area contributed by atoms with Gasteiger partial charge in [0.25, 0.3) is 0 Å². The Kier molecular flexibility index (Phi) is 3.16. The summed E-state index contributed by atoms with van der Waals surface area (Å²) in [6.07, 6.45) is 0. The van der Waals surface area contributed by atoms with Crippen LogP contribution >= 0.6 is 0 Å². The molecule has 2 radical (unpaired) electrons. The quantitative estimate of drug-likeness (QED) is 0.647. The van der Waals surface area contributed by atoms with Crippen LogP contribution in [-0.4, -0.2) is 39.2 Å². The predicted octanol–water partition coefficient (Wildman–Crippen LogP) is 0.322. The summed E-state index contributed by atoms with van der Waals surface area (Å²) in [6, 6.07) is 0. The highest BCUT2D eigenvalue weighted by Gasteiger charge is 2.12. The van der Waals surface area contributed by atoms with Crippen molar-refractivity contribution in [2.45, 2.75) is 6.92 Å². The smallest absolute Gasteiger partial charge is 0.230 e. The van der Waals surface area contributed by atoms with E-state index in [1.807, 2.05) is 6.92 Å². The molecule has 0 unspecified atom stereocenters. The van der Waals surface area contributed by atoms with Crippen molar-refractivity contribution in [1.29, 1.82) is 0 Å². The molecule has 0 aliphatic heterocycles. The Morgan fingerprint density at radius 1 is 1.14 bits per heavy atom. The molecule has 0 fully saturated rings. The topological polar surface area (TPSA) is 47.5 Å². The van der Waals surface area contributed by atoms with Crippen molar-refractivity contribution in [3.63, 3.8) is 0 Å². The highest BCUT2D eigenvalue weighted by molar-refractivity contribution is 6.16. The first-order valence-corrected chi connectivity index (χ1v) is 4.05. The number of nitrogens with zero attached hydrogens (tertiary/aromatic N) is 3. The van der Waals surface area contributed by atoms with Gasteiger partial charge in [-0.3, -0.25) is 0 Å². The third-order valence-corrected chi connectivity index (χ3v) is 1.75. The molecule has 1 heterocycles. The lowest BCUT2D eigenvalue weighted by atomic mass is 10.3. The average Bonchev–Trinajstić information content (AvgIpc) is 2.17. The van der Waals surface area contributed by atoms with E-state index in [1.165, 1.54) is 19.0 Å². The monoisotopic (exact) mass is 193 g/mol. The maximum Gasteiger partial charge on any atom is 0.230 e. The van der Waals surface area contributed by atoms with Gasteiger partial charge in [-0.1, -0.05) is 0 Å². The molecule has 0 aliphatic rings. The fraction of sp³-hybridized carbons (Fsp3) is 0.500. The molecule has 0 aromatic carbocycles. The van der Waals surface area contributed by atoms with Crippen LogP contribution < -0.4 is 14.3 Å². The van der Waals surface area contributed by atoms with E-state index in [0.717, 1.165) is 5.56 Å². The summed E-state index contributed by atoms with van der Waals surface area (Å²) in [5.74, 6) is 1.28. The van der Waals surface area contributed by atoms with Crippen LogP contribution in [0.2, 0.25) is 0 Å². The molecular weight excluding hydrogens is 181 g/mol. The Morgan fingerprint density at radius 3 is 1.86 bits per heavy atom. The van der Waals surface area contributed by atoms with Gasteiger partial charge in [-0.15, -0.1) is 0 Å². The van der Waals surface area contributed by atoms with Gasteiger partial charge in [-0.2, -0.15) is 9.97 Å².